The number of ether oxygens (including phenoxy) is 1. The Kier molecular flexibility index (Phi) is 4.64. The van der Waals surface area contributed by atoms with Crippen LogP contribution in [0, 0.1) is 6.92 Å². The number of hydrogen-bond acceptors (Lipinski definition) is 3. The summed E-state index contributed by atoms with van der Waals surface area (Å²) in [7, 11) is 0. The van der Waals surface area contributed by atoms with Crippen LogP contribution in [-0.4, -0.2) is 28.6 Å². The second kappa shape index (κ2) is 6.45. The van der Waals surface area contributed by atoms with Crippen LogP contribution in [0.1, 0.15) is 16.2 Å². The van der Waals surface area contributed by atoms with Gasteiger partial charge in [0.1, 0.15) is 11.4 Å². The molecule has 0 aliphatic carbocycles. The molecule has 0 aliphatic heterocycles. The van der Waals surface area contributed by atoms with Gasteiger partial charge in [0.15, 0.2) is 6.61 Å². The van der Waals surface area contributed by atoms with E-state index in [1.807, 2.05) is 6.07 Å². The summed E-state index contributed by atoms with van der Waals surface area (Å²) in [5.41, 5.74) is 0.821. The summed E-state index contributed by atoms with van der Waals surface area (Å²) in [5, 5.41) is 11.5. The Morgan fingerprint density at radius 2 is 2.14 bits per heavy atom. The van der Waals surface area contributed by atoms with Crippen molar-refractivity contribution >= 4 is 33.5 Å². The van der Waals surface area contributed by atoms with E-state index in [4.69, 9.17) is 9.84 Å². The maximum absolute atomic E-state index is 11.8. The fraction of sp³-hybridized carbons (Fsp3) is 0.143. The molecule has 0 bridgehead atoms. The van der Waals surface area contributed by atoms with Gasteiger partial charge in [-0.15, -0.1) is 0 Å². The number of nitrogens with one attached hydrogen (secondary N) is 2. The summed E-state index contributed by atoms with van der Waals surface area (Å²) < 4.78 is 6.17. The zero-order valence-corrected chi connectivity index (χ0v) is 12.7. The Labute approximate surface area is 129 Å². The minimum Gasteiger partial charge on any atom is -0.484 e. The molecule has 6 nitrogen and oxygen atoms in total. The van der Waals surface area contributed by atoms with Crippen LogP contribution in [0.25, 0.3) is 0 Å². The zero-order chi connectivity index (χ0) is 15.4. The number of aromatic amines is 1. The number of halogens is 1. The number of H-pyrrole nitrogens is 1. The molecule has 0 aliphatic rings. The van der Waals surface area contributed by atoms with Crippen molar-refractivity contribution in [2.45, 2.75) is 6.92 Å². The fourth-order valence-corrected chi connectivity index (χ4v) is 2.13. The number of carboxylic acids is 1. The molecular weight excluding hydrogens is 340 g/mol. The number of rotatable bonds is 5. The van der Waals surface area contributed by atoms with Gasteiger partial charge in [-0.05, 0) is 31.2 Å². The van der Waals surface area contributed by atoms with E-state index in [1.165, 1.54) is 0 Å². The van der Waals surface area contributed by atoms with Crippen molar-refractivity contribution in [2.75, 3.05) is 11.9 Å². The van der Waals surface area contributed by atoms with Gasteiger partial charge in [0.05, 0.1) is 5.69 Å². The van der Waals surface area contributed by atoms with Gasteiger partial charge in [-0.3, -0.25) is 4.79 Å². The van der Waals surface area contributed by atoms with E-state index in [2.05, 4.69) is 26.2 Å². The molecule has 21 heavy (non-hydrogen) atoms. The van der Waals surface area contributed by atoms with E-state index in [0.717, 1.165) is 4.47 Å². The lowest BCUT2D eigenvalue weighted by molar-refractivity contribution is -0.118. The molecule has 0 unspecified atom stereocenters. The molecule has 110 valence electrons. The van der Waals surface area contributed by atoms with Crippen molar-refractivity contribution in [3.63, 3.8) is 0 Å². The number of hydrogen-bond donors (Lipinski definition) is 3. The third-order valence-corrected chi connectivity index (χ3v) is 3.10. The lowest BCUT2D eigenvalue weighted by Crippen LogP contribution is -2.21. The molecular formula is C14H13BrN2O4. The Morgan fingerprint density at radius 1 is 1.38 bits per heavy atom. The normalized spacial score (nSPS) is 10.2. The maximum Gasteiger partial charge on any atom is 0.354 e. The molecule has 0 radical (unpaired) electrons. The Balaban J connectivity index is 1.97. The van der Waals surface area contributed by atoms with Crippen molar-refractivity contribution in [1.29, 1.82) is 0 Å². The topological polar surface area (TPSA) is 91.4 Å². The molecule has 1 amide bonds. The highest BCUT2D eigenvalue weighted by atomic mass is 79.9. The number of benzene rings is 1. The SMILES string of the molecule is Cc1cc(NC(=O)COc2cccc(Br)c2)c(C(=O)O)[nH]1. The third kappa shape index (κ3) is 4.09. The molecule has 0 saturated carbocycles. The largest absolute Gasteiger partial charge is 0.484 e. The van der Waals surface area contributed by atoms with Crippen molar-refractivity contribution in [3.8, 4) is 5.75 Å². The van der Waals surface area contributed by atoms with Crippen LogP contribution >= 0.6 is 15.9 Å². The molecule has 3 N–H and O–H groups in total. The number of carbonyl (C=O) groups excluding carboxylic acids is 1. The van der Waals surface area contributed by atoms with Gasteiger partial charge in [0, 0.05) is 10.2 Å². The number of carbonyl (C=O) groups is 2. The van der Waals surface area contributed by atoms with Gasteiger partial charge in [0.25, 0.3) is 5.91 Å². The standard InChI is InChI=1S/C14H13BrN2O4/c1-8-5-11(13(16-8)14(19)20)17-12(18)7-21-10-4-2-3-9(15)6-10/h2-6,16H,7H2,1H3,(H,17,18)(H,19,20). The summed E-state index contributed by atoms with van der Waals surface area (Å²) in [5.74, 6) is -1.02. The molecule has 0 atom stereocenters. The van der Waals surface area contributed by atoms with E-state index in [9.17, 15) is 9.59 Å². The first-order chi connectivity index (χ1) is 9.95. The number of aromatic nitrogens is 1. The molecule has 1 aromatic heterocycles. The molecule has 0 fully saturated rings. The maximum atomic E-state index is 11.8. The lowest BCUT2D eigenvalue weighted by Gasteiger charge is -2.07. The van der Waals surface area contributed by atoms with Gasteiger partial charge < -0.3 is 20.1 Å². The summed E-state index contributed by atoms with van der Waals surface area (Å²) in [6.45, 7) is 1.50. The quantitative estimate of drug-likeness (QED) is 0.771. The van der Waals surface area contributed by atoms with Crippen molar-refractivity contribution in [3.05, 3.63) is 46.2 Å². The van der Waals surface area contributed by atoms with Crippen LogP contribution in [0.5, 0.6) is 5.75 Å². The summed E-state index contributed by atoms with van der Waals surface area (Å²) >= 11 is 3.30. The molecule has 1 aromatic carbocycles. The van der Waals surface area contributed by atoms with Crippen LogP contribution in [0.2, 0.25) is 0 Å². The Hall–Kier alpha value is -2.28. The minimum atomic E-state index is -1.13. The predicted molar refractivity (Wildman–Crippen MR) is 80.8 cm³/mol. The van der Waals surface area contributed by atoms with E-state index < -0.39 is 11.9 Å². The predicted octanol–water partition coefficient (Wildman–Crippen LogP) is 2.80. The lowest BCUT2D eigenvalue weighted by atomic mass is 10.3. The summed E-state index contributed by atoms with van der Waals surface area (Å²) in [4.78, 5) is 25.5. The van der Waals surface area contributed by atoms with Crippen LogP contribution < -0.4 is 10.1 Å². The molecule has 0 spiro atoms. The van der Waals surface area contributed by atoms with E-state index in [0.29, 0.717) is 11.4 Å². The summed E-state index contributed by atoms with van der Waals surface area (Å²) in [6, 6.07) is 8.64. The molecule has 2 aromatic rings. The fourth-order valence-electron chi connectivity index (χ4n) is 1.75. The highest BCUT2D eigenvalue weighted by molar-refractivity contribution is 9.10. The zero-order valence-electron chi connectivity index (χ0n) is 11.1. The monoisotopic (exact) mass is 352 g/mol. The van der Waals surface area contributed by atoms with Crippen LogP contribution in [-0.2, 0) is 4.79 Å². The highest BCUT2D eigenvalue weighted by Gasteiger charge is 2.15. The van der Waals surface area contributed by atoms with E-state index >= 15 is 0 Å². The van der Waals surface area contributed by atoms with Crippen LogP contribution in [0.15, 0.2) is 34.8 Å². The van der Waals surface area contributed by atoms with Crippen molar-refractivity contribution in [1.82, 2.24) is 4.98 Å². The summed E-state index contributed by atoms with van der Waals surface area (Å²) in [6.07, 6.45) is 0. The Bertz CT molecular complexity index is 681. The number of amides is 1. The first kappa shape index (κ1) is 15.1. The minimum absolute atomic E-state index is 0.0525. The van der Waals surface area contributed by atoms with Crippen LogP contribution in [0.4, 0.5) is 5.69 Å². The average molecular weight is 353 g/mol. The number of carboxylic acid groups (broad SMARTS) is 1. The number of aromatic carboxylic acids is 1. The molecule has 2 rings (SSSR count). The van der Waals surface area contributed by atoms with Gasteiger partial charge in [-0.1, -0.05) is 22.0 Å². The van der Waals surface area contributed by atoms with Gasteiger partial charge in [-0.25, -0.2) is 4.79 Å². The second-order valence-electron chi connectivity index (χ2n) is 4.34. The van der Waals surface area contributed by atoms with Gasteiger partial charge in [-0.2, -0.15) is 0 Å². The first-order valence-corrected chi connectivity index (χ1v) is 6.86. The number of anilines is 1. The Morgan fingerprint density at radius 3 is 2.81 bits per heavy atom. The third-order valence-electron chi connectivity index (χ3n) is 2.61. The number of aryl methyl sites for hydroxylation is 1. The molecule has 7 heteroatoms. The van der Waals surface area contributed by atoms with Crippen molar-refractivity contribution in [2.24, 2.45) is 0 Å². The van der Waals surface area contributed by atoms with E-state index in [-0.39, 0.29) is 18.0 Å². The smallest absolute Gasteiger partial charge is 0.354 e. The molecule has 1 heterocycles. The first-order valence-electron chi connectivity index (χ1n) is 6.07. The second-order valence-corrected chi connectivity index (χ2v) is 5.26. The van der Waals surface area contributed by atoms with Crippen LogP contribution in [0.3, 0.4) is 0 Å². The molecule has 0 saturated heterocycles. The average Bonchev–Trinajstić information content (AvgIpc) is 2.77. The van der Waals surface area contributed by atoms with E-state index in [1.54, 1.807) is 31.2 Å². The van der Waals surface area contributed by atoms with Gasteiger partial charge in [0.2, 0.25) is 0 Å². The van der Waals surface area contributed by atoms with Gasteiger partial charge >= 0.3 is 5.97 Å². The highest BCUT2D eigenvalue weighted by Crippen LogP contribution is 2.19. The van der Waals surface area contributed by atoms with Crippen molar-refractivity contribution < 1.29 is 19.4 Å².